The number of hydrogen-bond acceptors (Lipinski definition) is 4. The molecule has 0 saturated heterocycles. The molecule has 0 radical (unpaired) electrons. The molecule has 0 amide bonds. The number of aromatic hydroxyl groups is 2. The molecule has 4 heteroatoms. The van der Waals surface area contributed by atoms with Gasteiger partial charge in [-0.2, -0.15) is 0 Å². The third kappa shape index (κ3) is 9.37. The predicted octanol–water partition coefficient (Wildman–Crippen LogP) is 18.2. The van der Waals surface area contributed by atoms with E-state index >= 15 is 0 Å². The summed E-state index contributed by atoms with van der Waals surface area (Å²) in [6.45, 7) is 5.16. The molecule has 4 nitrogen and oxygen atoms in total. The highest BCUT2D eigenvalue weighted by atomic mass is 16.3. The number of rotatable bonds is 15. The van der Waals surface area contributed by atoms with Gasteiger partial charge < -0.3 is 15.5 Å². The van der Waals surface area contributed by atoms with Crippen LogP contribution in [0.5, 0.6) is 11.5 Å². The van der Waals surface area contributed by atoms with Crippen LogP contribution in [0.25, 0.3) is 87.6 Å². The third-order valence-corrected chi connectivity index (χ3v) is 16.4. The van der Waals surface area contributed by atoms with Crippen LogP contribution < -0.4 is 5.32 Å². The van der Waals surface area contributed by atoms with Crippen LogP contribution in [0.1, 0.15) is 94.2 Å². The van der Waals surface area contributed by atoms with Crippen molar-refractivity contribution in [1.29, 1.82) is 0 Å². The zero-order valence-corrected chi connectivity index (χ0v) is 42.8. The minimum absolute atomic E-state index is 0.0175. The van der Waals surface area contributed by atoms with E-state index in [1.807, 2.05) is 6.21 Å². The maximum absolute atomic E-state index is 12.9. The minimum atomic E-state index is -0.0175. The van der Waals surface area contributed by atoms with Gasteiger partial charge in [0, 0.05) is 52.2 Å². The highest BCUT2D eigenvalue weighted by Gasteiger charge is 2.33. The maximum atomic E-state index is 12.9. The normalized spacial score (nSPS) is 16.5. The molecular formula is C70H66N2O2. The average Bonchev–Trinajstić information content (AvgIpc) is 4.30. The summed E-state index contributed by atoms with van der Waals surface area (Å²) in [6, 6.07) is 67.1. The number of benzene rings is 10. The molecule has 0 spiro atoms. The molecule has 2 aliphatic rings. The zero-order chi connectivity index (χ0) is 50.1. The van der Waals surface area contributed by atoms with Crippen LogP contribution in [-0.2, 0) is 6.54 Å². The molecule has 0 bridgehead atoms. The number of nitrogens with zero attached hydrogens (tertiary/aromatic N) is 1. The van der Waals surface area contributed by atoms with Crippen molar-refractivity contribution in [3.05, 3.63) is 205 Å². The van der Waals surface area contributed by atoms with E-state index in [0.717, 1.165) is 130 Å². The number of phenolic OH excluding ortho intramolecular Hbond substituents is 2. The van der Waals surface area contributed by atoms with E-state index in [0.29, 0.717) is 24.1 Å². The second-order valence-electron chi connectivity index (χ2n) is 21.7. The first-order valence-electron chi connectivity index (χ1n) is 27.3. The predicted molar refractivity (Wildman–Crippen MR) is 313 cm³/mol. The van der Waals surface area contributed by atoms with Gasteiger partial charge in [-0.15, -0.1) is 0 Å². The van der Waals surface area contributed by atoms with Gasteiger partial charge in [-0.05, 0) is 133 Å². The standard InChI is InChI=1S/C70H66N2O2/c1-45(2)18-17-29-56(50-32-33-50)52-36-39-62-53(40-52)42-55(70(74)68(62)66-58-27-13-10-24-49(58)35-38-61(66)47-21-7-4-8-22-47)44-72-64-31-16-15-30-63(64)71-43-54-41-51-25-11-14-28-59(51)67(69(54)73)65-57-26-12-9-23-48(57)34-37-60(65)46-19-5-3-6-20-46/h3-14,19-28,34-42,44-45,50,56,63-64,71,73-74H,15-18,29-33,43H2,1-2H3. The van der Waals surface area contributed by atoms with Crippen molar-refractivity contribution in [2.45, 2.75) is 96.2 Å². The molecule has 74 heavy (non-hydrogen) atoms. The SMILES string of the molecule is CC(C)CCCC(c1ccc2c(-c3c(-c4ccccc4)ccc4ccccc34)c(O)c(C=NC3CCCCC3NCc3cc4ccccc4c(-c4c(-c5ccccc5)ccc5ccccc45)c3O)cc2c1)C1CC1. The molecule has 0 aliphatic heterocycles. The Hall–Kier alpha value is -7.53. The van der Waals surface area contributed by atoms with E-state index in [1.165, 1.54) is 37.7 Å². The molecule has 368 valence electrons. The Morgan fingerprint density at radius 1 is 0.514 bits per heavy atom. The summed E-state index contributed by atoms with van der Waals surface area (Å²) in [5, 5.41) is 38.3. The Bertz CT molecular complexity index is 3690. The van der Waals surface area contributed by atoms with Crippen molar-refractivity contribution < 1.29 is 10.2 Å². The van der Waals surface area contributed by atoms with E-state index in [4.69, 9.17) is 4.99 Å². The topological polar surface area (TPSA) is 64.9 Å². The Kier molecular flexibility index (Phi) is 13.3. The molecule has 0 aromatic heterocycles. The molecule has 3 N–H and O–H groups in total. The van der Waals surface area contributed by atoms with E-state index in [9.17, 15) is 10.2 Å². The summed E-state index contributed by atoms with van der Waals surface area (Å²) in [5.74, 6) is 2.54. The van der Waals surface area contributed by atoms with Gasteiger partial charge in [-0.25, -0.2) is 0 Å². The van der Waals surface area contributed by atoms with Crippen LogP contribution in [0, 0.1) is 11.8 Å². The van der Waals surface area contributed by atoms with Gasteiger partial charge in [0.2, 0.25) is 0 Å². The molecule has 0 heterocycles. The first-order valence-corrected chi connectivity index (χ1v) is 27.3. The number of hydrogen-bond donors (Lipinski definition) is 3. The van der Waals surface area contributed by atoms with E-state index in [2.05, 4.69) is 207 Å². The van der Waals surface area contributed by atoms with Crippen LogP contribution in [-0.4, -0.2) is 28.5 Å². The Balaban J connectivity index is 0.937. The fraction of sp³-hybridized carbons (Fsp3) is 0.243. The quantitative estimate of drug-likeness (QED) is 0.0897. The molecule has 3 unspecified atom stereocenters. The van der Waals surface area contributed by atoms with E-state index in [-0.39, 0.29) is 17.8 Å². The van der Waals surface area contributed by atoms with Gasteiger partial charge in [-0.3, -0.25) is 4.99 Å². The summed E-state index contributed by atoms with van der Waals surface area (Å²) in [7, 11) is 0. The van der Waals surface area contributed by atoms with Crippen molar-refractivity contribution in [3.63, 3.8) is 0 Å². The summed E-state index contributed by atoms with van der Waals surface area (Å²) >= 11 is 0. The van der Waals surface area contributed by atoms with Crippen LogP contribution >= 0.6 is 0 Å². The zero-order valence-electron chi connectivity index (χ0n) is 42.8. The molecule has 2 aliphatic carbocycles. The summed E-state index contributed by atoms with van der Waals surface area (Å²) in [5.41, 5.74) is 11.2. The molecule has 10 aromatic rings. The first kappa shape index (κ1) is 47.5. The number of fused-ring (bicyclic) bond motifs is 4. The first-order chi connectivity index (χ1) is 36.4. The van der Waals surface area contributed by atoms with Crippen LogP contribution in [0.3, 0.4) is 0 Å². The van der Waals surface area contributed by atoms with Crippen molar-refractivity contribution in [2.24, 2.45) is 16.8 Å². The second kappa shape index (κ2) is 20.8. The van der Waals surface area contributed by atoms with E-state index < -0.39 is 0 Å². The van der Waals surface area contributed by atoms with Crippen LogP contribution in [0.15, 0.2) is 193 Å². The maximum Gasteiger partial charge on any atom is 0.132 e. The fourth-order valence-electron chi connectivity index (χ4n) is 12.5. The molecule has 3 atom stereocenters. The van der Waals surface area contributed by atoms with Crippen LogP contribution in [0.2, 0.25) is 0 Å². The van der Waals surface area contributed by atoms with Gasteiger partial charge in [0.15, 0.2) is 0 Å². The summed E-state index contributed by atoms with van der Waals surface area (Å²) < 4.78 is 0. The van der Waals surface area contributed by atoms with Gasteiger partial charge in [-0.1, -0.05) is 215 Å². The number of phenols is 2. The lowest BCUT2D eigenvalue weighted by Gasteiger charge is -2.30. The molecule has 2 saturated carbocycles. The van der Waals surface area contributed by atoms with Crippen molar-refractivity contribution >= 4 is 49.3 Å². The average molecular weight is 967 g/mol. The molecular weight excluding hydrogens is 901 g/mol. The van der Waals surface area contributed by atoms with Gasteiger partial charge in [0.05, 0.1) is 6.04 Å². The highest BCUT2D eigenvalue weighted by molar-refractivity contribution is 6.15. The highest BCUT2D eigenvalue weighted by Crippen LogP contribution is 2.51. The lowest BCUT2D eigenvalue weighted by Crippen LogP contribution is -2.40. The summed E-state index contributed by atoms with van der Waals surface area (Å²) in [6.07, 6.45) is 12.4. The van der Waals surface area contributed by atoms with Gasteiger partial charge in [0.25, 0.3) is 0 Å². The summed E-state index contributed by atoms with van der Waals surface area (Å²) in [4.78, 5) is 5.45. The largest absolute Gasteiger partial charge is 0.507 e. The Morgan fingerprint density at radius 2 is 1.07 bits per heavy atom. The number of nitrogens with one attached hydrogen (secondary N) is 1. The van der Waals surface area contributed by atoms with Crippen molar-refractivity contribution in [1.82, 2.24) is 5.32 Å². The van der Waals surface area contributed by atoms with Gasteiger partial charge >= 0.3 is 0 Å². The molecule has 10 aromatic carbocycles. The van der Waals surface area contributed by atoms with Crippen LogP contribution in [0.4, 0.5) is 0 Å². The fourth-order valence-corrected chi connectivity index (χ4v) is 12.5. The Labute approximate surface area is 436 Å². The lowest BCUT2D eigenvalue weighted by molar-refractivity contribution is 0.327. The smallest absolute Gasteiger partial charge is 0.132 e. The lowest BCUT2D eigenvalue weighted by atomic mass is 9.83. The third-order valence-electron chi connectivity index (χ3n) is 16.4. The second-order valence-corrected chi connectivity index (χ2v) is 21.7. The number of aliphatic imine (C=N–C) groups is 1. The van der Waals surface area contributed by atoms with Crippen molar-refractivity contribution in [3.8, 4) is 56.0 Å². The molecule has 12 rings (SSSR count). The van der Waals surface area contributed by atoms with Gasteiger partial charge in [0.1, 0.15) is 11.5 Å². The van der Waals surface area contributed by atoms with E-state index in [1.54, 1.807) is 0 Å². The van der Waals surface area contributed by atoms with Crippen molar-refractivity contribution in [2.75, 3.05) is 0 Å². The minimum Gasteiger partial charge on any atom is -0.507 e. The Morgan fingerprint density at radius 3 is 1.69 bits per heavy atom. The monoisotopic (exact) mass is 967 g/mol. The molecule has 2 fully saturated rings.